The zero-order valence-corrected chi connectivity index (χ0v) is 9.79. The van der Waals surface area contributed by atoms with Crippen LogP contribution in [0.4, 0.5) is 8.78 Å². The molecule has 5 nitrogen and oxygen atoms in total. The van der Waals surface area contributed by atoms with Gasteiger partial charge in [-0.3, -0.25) is 4.89 Å². The van der Waals surface area contributed by atoms with Gasteiger partial charge in [0.05, 0.1) is 7.11 Å². The van der Waals surface area contributed by atoms with Gasteiger partial charge in [-0.15, -0.1) is 0 Å². The maximum atomic E-state index is 13.4. The number of carbonyl (C=O) groups is 2. The summed E-state index contributed by atoms with van der Waals surface area (Å²) in [5.74, 6) is -6.89. The summed E-state index contributed by atoms with van der Waals surface area (Å²) < 4.78 is 31.3. The number of rotatable bonds is 6. The van der Waals surface area contributed by atoms with Gasteiger partial charge in [0.25, 0.3) is 0 Å². The molecule has 0 rings (SSSR count). The van der Waals surface area contributed by atoms with Crippen LogP contribution in [0, 0.1) is 0 Å². The van der Waals surface area contributed by atoms with E-state index in [0.717, 1.165) is 7.11 Å². The van der Waals surface area contributed by atoms with Crippen LogP contribution in [-0.2, 0) is 24.1 Å². The van der Waals surface area contributed by atoms with Crippen LogP contribution in [0.1, 0.15) is 20.3 Å². The first kappa shape index (κ1) is 15.5. The predicted molar refractivity (Wildman–Crippen MR) is 53.0 cm³/mol. The molecule has 0 aliphatic heterocycles. The van der Waals surface area contributed by atoms with Gasteiger partial charge >= 0.3 is 17.9 Å². The second kappa shape index (κ2) is 6.29. The van der Waals surface area contributed by atoms with Crippen molar-refractivity contribution in [2.24, 2.45) is 0 Å². The first-order valence-corrected chi connectivity index (χ1v) is 4.76. The minimum absolute atomic E-state index is 0.0423. The van der Waals surface area contributed by atoms with Gasteiger partial charge in [-0.05, 0) is 13.3 Å². The maximum absolute atomic E-state index is 13.4. The summed E-state index contributed by atoms with van der Waals surface area (Å²) in [7, 11) is 0.912. The molecule has 0 aromatic rings. The number of esters is 1. The summed E-state index contributed by atoms with van der Waals surface area (Å²) >= 11 is 0. The third-order valence-electron chi connectivity index (χ3n) is 1.80. The van der Waals surface area contributed by atoms with E-state index in [1.54, 1.807) is 0 Å². The minimum atomic E-state index is -3.98. The van der Waals surface area contributed by atoms with Gasteiger partial charge in [0.1, 0.15) is 0 Å². The Hall–Kier alpha value is -1.50. The van der Waals surface area contributed by atoms with Crippen LogP contribution >= 0.6 is 0 Å². The Kier molecular flexibility index (Phi) is 5.73. The largest absolute Gasteiger partial charge is 0.452 e. The second-order valence-electron chi connectivity index (χ2n) is 3.24. The maximum Gasteiger partial charge on any atom is 0.415 e. The van der Waals surface area contributed by atoms with E-state index >= 15 is 0 Å². The van der Waals surface area contributed by atoms with Crippen molar-refractivity contribution >= 4 is 11.9 Å². The molecule has 0 heterocycles. The van der Waals surface area contributed by atoms with Gasteiger partial charge in [-0.2, -0.15) is 13.7 Å². The molecule has 0 aliphatic rings. The van der Waals surface area contributed by atoms with Crippen LogP contribution in [0.3, 0.4) is 0 Å². The lowest BCUT2D eigenvalue weighted by Crippen LogP contribution is -2.45. The van der Waals surface area contributed by atoms with Crippen LogP contribution in [0.2, 0.25) is 0 Å². The van der Waals surface area contributed by atoms with E-state index in [9.17, 15) is 18.4 Å². The van der Waals surface area contributed by atoms with E-state index in [1.807, 2.05) is 0 Å². The first-order valence-electron chi connectivity index (χ1n) is 4.76. The van der Waals surface area contributed by atoms with Gasteiger partial charge in [0.15, 0.2) is 6.10 Å². The van der Waals surface area contributed by atoms with Crippen LogP contribution in [0.25, 0.3) is 0 Å². The average Bonchev–Trinajstić information content (AvgIpc) is 2.25. The van der Waals surface area contributed by atoms with E-state index in [1.165, 1.54) is 13.8 Å². The van der Waals surface area contributed by atoms with Gasteiger partial charge in [0.2, 0.25) is 0 Å². The van der Waals surface area contributed by atoms with Crippen LogP contribution < -0.4 is 0 Å². The van der Waals surface area contributed by atoms with Gasteiger partial charge in [-0.25, -0.2) is 9.59 Å². The molecule has 0 amide bonds. The standard InChI is InChI=1S/C10H14F2O5/c1-5-7(16-8(13)6(2)3)10(11,12)9(14)17-15-4/h7H,2,5H2,1,3-4H3. The molecule has 0 saturated heterocycles. The number of hydrogen-bond donors (Lipinski definition) is 0. The zero-order valence-electron chi connectivity index (χ0n) is 9.79. The van der Waals surface area contributed by atoms with Crippen molar-refractivity contribution in [2.45, 2.75) is 32.3 Å². The van der Waals surface area contributed by atoms with Gasteiger partial charge < -0.3 is 4.74 Å². The molecular weight excluding hydrogens is 238 g/mol. The molecule has 1 atom stereocenters. The molecule has 0 radical (unpaired) electrons. The molecular formula is C10H14F2O5. The number of alkyl halides is 2. The Labute approximate surface area is 97.3 Å². The molecule has 0 saturated carbocycles. The van der Waals surface area contributed by atoms with Crippen molar-refractivity contribution in [1.29, 1.82) is 0 Å². The van der Waals surface area contributed by atoms with Crippen molar-refractivity contribution in [2.75, 3.05) is 7.11 Å². The van der Waals surface area contributed by atoms with E-state index < -0.39 is 24.0 Å². The smallest absolute Gasteiger partial charge is 0.415 e. The highest BCUT2D eigenvalue weighted by molar-refractivity contribution is 5.87. The van der Waals surface area contributed by atoms with Crippen molar-refractivity contribution in [3.63, 3.8) is 0 Å². The Morgan fingerprint density at radius 1 is 1.41 bits per heavy atom. The lowest BCUT2D eigenvalue weighted by molar-refractivity contribution is -0.281. The van der Waals surface area contributed by atoms with E-state index in [0.29, 0.717) is 0 Å². The van der Waals surface area contributed by atoms with Crippen molar-refractivity contribution < 1.29 is 32.9 Å². The summed E-state index contributed by atoms with van der Waals surface area (Å²) in [4.78, 5) is 29.6. The van der Waals surface area contributed by atoms with E-state index in [-0.39, 0.29) is 12.0 Å². The molecule has 98 valence electrons. The first-order chi connectivity index (χ1) is 7.77. The van der Waals surface area contributed by atoms with E-state index in [4.69, 9.17) is 0 Å². The topological polar surface area (TPSA) is 61.8 Å². The van der Waals surface area contributed by atoms with Crippen LogP contribution in [-0.4, -0.2) is 31.1 Å². The second-order valence-corrected chi connectivity index (χ2v) is 3.24. The lowest BCUT2D eigenvalue weighted by atomic mass is 10.1. The molecule has 1 unspecified atom stereocenters. The molecule has 0 fully saturated rings. The minimum Gasteiger partial charge on any atom is -0.452 e. The highest BCUT2D eigenvalue weighted by Gasteiger charge is 2.51. The fraction of sp³-hybridized carbons (Fsp3) is 0.600. The van der Waals surface area contributed by atoms with Gasteiger partial charge in [0, 0.05) is 5.57 Å². The fourth-order valence-electron chi connectivity index (χ4n) is 0.906. The molecule has 0 aromatic carbocycles. The predicted octanol–water partition coefficient (Wildman–Crippen LogP) is 1.62. The number of hydrogen-bond acceptors (Lipinski definition) is 5. The number of halogens is 2. The molecule has 0 spiro atoms. The van der Waals surface area contributed by atoms with Crippen molar-refractivity contribution in [1.82, 2.24) is 0 Å². The Bertz CT molecular complexity index is 314. The normalized spacial score (nSPS) is 12.8. The summed E-state index contributed by atoms with van der Waals surface area (Å²) in [6, 6.07) is 0. The van der Waals surface area contributed by atoms with Crippen molar-refractivity contribution in [3.05, 3.63) is 12.2 Å². The summed E-state index contributed by atoms with van der Waals surface area (Å²) in [5, 5.41) is 0. The Morgan fingerprint density at radius 3 is 2.29 bits per heavy atom. The summed E-state index contributed by atoms with van der Waals surface area (Å²) in [6.07, 6.45) is -2.18. The summed E-state index contributed by atoms with van der Waals surface area (Å²) in [5.41, 5.74) is -0.0423. The molecule has 0 aliphatic carbocycles. The average molecular weight is 252 g/mol. The van der Waals surface area contributed by atoms with E-state index in [2.05, 4.69) is 21.1 Å². The number of ether oxygens (including phenoxy) is 1. The lowest BCUT2D eigenvalue weighted by Gasteiger charge is -2.23. The Balaban J connectivity index is 4.79. The van der Waals surface area contributed by atoms with Crippen LogP contribution in [0.15, 0.2) is 12.2 Å². The fourth-order valence-corrected chi connectivity index (χ4v) is 0.906. The highest BCUT2D eigenvalue weighted by atomic mass is 19.3. The number of carbonyl (C=O) groups excluding carboxylic acids is 2. The SMILES string of the molecule is C=C(C)C(=O)OC(CC)C(F)(F)C(=O)OOC. The quantitative estimate of drug-likeness (QED) is 0.311. The zero-order chi connectivity index (χ0) is 13.6. The Morgan fingerprint density at radius 2 is 1.94 bits per heavy atom. The van der Waals surface area contributed by atoms with Gasteiger partial charge in [-0.1, -0.05) is 13.5 Å². The molecule has 0 N–H and O–H groups in total. The van der Waals surface area contributed by atoms with Crippen molar-refractivity contribution in [3.8, 4) is 0 Å². The molecule has 17 heavy (non-hydrogen) atoms. The molecule has 0 bridgehead atoms. The summed E-state index contributed by atoms with van der Waals surface area (Å²) in [6.45, 7) is 5.89. The molecule has 7 heteroatoms. The third kappa shape index (κ3) is 4.10. The van der Waals surface area contributed by atoms with Crippen LogP contribution in [0.5, 0.6) is 0 Å². The highest BCUT2D eigenvalue weighted by Crippen LogP contribution is 2.26. The molecule has 0 aromatic heterocycles. The third-order valence-corrected chi connectivity index (χ3v) is 1.80. The monoisotopic (exact) mass is 252 g/mol.